The number of amides is 1. The minimum absolute atomic E-state index is 0.00403. The highest BCUT2D eigenvalue weighted by atomic mass is 16.2. The van der Waals surface area contributed by atoms with Gasteiger partial charge in [-0.3, -0.25) is 0 Å². The van der Waals surface area contributed by atoms with Gasteiger partial charge < -0.3 is 4.90 Å². The van der Waals surface area contributed by atoms with Gasteiger partial charge in [-0.15, -0.1) is 0 Å². The lowest BCUT2D eigenvalue weighted by Gasteiger charge is -2.30. The first-order chi connectivity index (χ1) is 10.1. The molecule has 126 valence electrons. The van der Waals surface area contributed by atoms with E-state index in [1.165, 1.54) is 5.56 Å². The molecule has 0 fully saturated rings. The smallest absolute Gasteiger partial charge is 0.318 e. The zero-order chi connectivity index (χ0) is 17.2. The molecule has 0 unspecified atom stereocenters. The van der Waals surface area contributed by atoms with Crippen molar-refractivity contribution >= 4 is 6.03 Å². The second-order valence-electron chi connectivity index (χ2n) is 7.20. The Balaban J connectivity index is 3.47. The molecule has 0 aliphatic rings. The molecule has 0 bridgehead atoms. The number of carbonyl (C=O) groups excluding carboxylic acids is 1. The normalized spacial score (nSPS) is 12.0. The van der Waals surface area contributed by atoms with Crippen molar-refractivity contribution in [1.82, 2.24) is 14.7 Å². The summed E-state index contributed by atoms with van der Waals surface area (Å²) in [5.74, 6) is 0.698. The SMILES string of the molecule is CCc1c(C(C)C)c(C(C)C)nn1C(=O)N(C(C)C)C(C)C. The first kappa shape index (κ1) is 18.7. The molecule has 4 nitrogen and oxygen atoms in total. The van der Waals surface area contributed by atoms with Crippen LogP contribution in [0.15, 0.2) is 0 Å². The Kier molecular flexibility index (Phi) is 6.21. The van der Waals surface area contributed by atoms with Crippen LogP contribution in [0.25, 0.3) is 0 Å². The number of rotatable bonds is 5. The number of nitrogens with zero attached hydrogens (tertiary/aromatic N) is 3. The van der Waals surface area contributed by atoms with Crippen LogP contribution in [0.5, 0.6) is 0 Å². The molecule has 22 heavy (non-hydrogen) atoms. The van der Waals surface area contributed by atoms with Crippen LogP contribution in [-0.2, 0) is 6.42 Å². The molecule has 1 rings (SSSR count). The third-order valence-corrected chi connectivity index (χ3v) is 4.02. The summed E-state index contributed by atoms with van der Waals surface area (Å²) in [4.78, 5) is 14.9. The molecule has 1 amide bonds. The van der Waals surface area contributed by atoms with Crippen molar-refractivity contribution in [2.24, 2.45) is 0 Å². The van der Waals surface area contributed by atoms with Crippen molar-refractivity contribution in [2.75, 3.05) is 0 Å². The van der Waals surface area contributed by atoms with E-state index in [0.29, 0.717) is 11.8 Å². The molecule has 0 aromatic carbocycles. The first-order valence-electron chi connectivity index (χ1n) is 8.57. The van der Waals surface area contributed by atoms with E-state index in [4.69, 9.17) is 5.10 Å². The highest BCUT2D eigenvalue weighted by Crippen LogP contribution is 2.29. The van der Waals surface area contributed by atoms with Crippen LogP contribution < -0.4 is 0 Å². The minimum atomic E-state index is -0.00403. The van der Waals surface area contributed by atoms with Gasteiger partial charge in [0, 0.05) is 12.1 Å². The predicted octanol–water partition coefficient (Wildman–Crippen LogP) is 4.78. The van der Waals surface area contributed by atoms with E-state index in [-0.39, 0.29) is 18.1 Å². The van der Waals surface area contributed by atoms with Crippen molar-refractivity contribution in [1.29, 1.82) is 0 Å². The van der Waals surface area contributed by atoms with Gasteiger partial charge in [0.15, 0.2) is 0 Å². The second kappa shape index (κ2) is 7.30. The second-order valence-corrected chi connectivity index (χ2v) is 7.20. The standard InChI is InChI=1S/C18H33N3O/c1-10-15-16(11(2)3)17(12(4)5)19-21(15)18(22)20(13(6)7)14(8)9/h11-14H,10H2,1-9H3. The van der Waals surface area contributed by atoms with Gasteiger partial charge >= 0.3 is 6.03 Å². The lowest BCUT2D eigenvalue weighted by atomic mass is 9.94. The summed E-state index contributed by atoms with van der Waals surface area (Å²) >= 11 is 0. The van der Waals surface area contributed by atoms with Crippen LogP contribution in [0.4, 0.5) is 4.79 Å². The number of aromatic nitrogens is 2. The van der Waals surface area contributed by atoms with Gasteiger partial charge in [0.05, 0.1) is 11.4 Å². The monoisotopic (exact) mass is 307 g/mol. The van der Waals surface area contributed by atoms with Crippen LogP contribution in [-0.4, -0.2) is 32.8 Å². The molecule has 0 aliphatic heterocycles. The third-order valence-electron chi connectivity index (χ3n) is 4.02. The number of hydrogen-bond acceptors (Lipinski definition) is 2. The Hall–Kier alpha value is -1.32. The van der Waals surface area contributed by atoms with Crippen LogP contribution in [0.1, 0.15) is 91.1 Å². The molecule has 0 aliphatic carbocycles. The van der Waals surface area contributed by atoms with E-state index in [1.54, 1.807) is 4.68 Å². The fraction of sp³-hybridized carbons (Fsp3) is 0.778. The molecule has 4 heteroatoms. The van der Waals surface area contributed by atoms with E-state index in [1.807, 2.05) is 4.90 Å². The fourth-order valence-electron chi connectivity index (χ4n) is 3.19. The summed E-state index contributed by atoms with van der Waals surface area (Å²) in [6.45, 7) is 19.0. The summed E-state index contributed by atoms with van der Waals surface area (Å²) in [6.07, 6.45) is 0.822. The molecule has 1 aromatic rings. The summed E-state index contributed by atoms with van der Waals surface area (Å²) in [5, 5.41) is 4.71. The summed E-state index contributed by atoms with van der Waals surface area (Å²) in [6, 6.07) is 0.313. The molecule has 1 aromatic heterocycles. The summed E-state index contributed by atoms with van der Waals surface area (Å²) in [7, 11) is 0. The van der Waals surface area contributed by atoms with Crippen LogP contribution in [0.2, 0.25) is 0 Å². The molecule has 0 spiro atoms. The third kappa shape index (κ3) is 3.53. The maximum Gasteiger partial charge on any atom is 0.345 e. The van der Waals surface area contributed by atoms with Crippen LogP contribution in [0.3, 0.4) is 0 Å². The minimum Gasteiger partial charge on any atom is -0.318 e. The Morgan fingerprint density at radius 1 is 1.00 bits per heavy atom. The Labute approximate surface area is 135 Å². The van der Waals surface area contributed by atoms with E-state index >= 15 is 0 Å². The average molecular weight is 307 g/mol. The van der Waals surface area contributed by atoms with E-state index in [2.05, 4.69) is 62.3 Å². The Bertz CT molecular complexity index is 505. The predicted molar refractivity (Wildman–Crippen MR) is 92.7 cm³/mol. The van der Waals surface area contributed by atoms with Gasteiger partial charge in [0.2, 0.25) is 0 Å². The van der Waals surface area contributed by atoms with Crippen LogP contribution in [0, 0.1) is 0 Å². The quantitative estimate of drug-likeness (QED) is 0.785. The topological polar surface area (TPSA) is 38.1 Å². The van der Waals surface area contributed by atoms with Gasteiger partial charge in [-0.1, -0.05) is 34.6 Å². The Morgan fingerprint density at radius 2 is 1.50 bits per heavy atom. The molecule has 0 N–H and O–H groups in total. The van der Waals surface area contributed by atoms with E-state index < -0.39 is 0 Å². The molecule has 0 saturated heterocycles. The van der Waals surface area contributed by atoms with Gasteiger partial charge in [-0.2, -0.15) is 9.78 Å². The lowest BCUT2D eigenvalue weighted by molar-refractivity contribution is 0.162. The molecule has 1 heterocycles. The van der Waals surface area contributed by atoms with Crippen molar-refractivity contribution in [2.45, 2.75) is 92.7 Å². The summed E-state index contributed by atoms with van der Waals surface area (Å²) in [5.41, 5.74) is 3.38. The lowest BCUT2D eigenvalue weighted by Crippen LogP contribution is -2.45. The van der Waals surface area contributed by atoms with Gasteiger partial charge in [0.1, 0.15) is 0 Å². The maximum atomic E-state index is 13.0. The molecular weight excluding hydrogens is 274 g/mol. The van der Waals surface area contributed by atoms with Crippen LogP contribution >= 0.6 is 0 Å². The number of carbonyl (C=O) groups is 1. The Morgan fingerprint density at radius 3 is 1.82 bits per heavy atom. The average Bonchev–Trinajstić information content (AvgIpc) is 2.76. The first-order valence-corrected chi connectivity index (χ1v) is 8.57. The zero-order valence-corrected chi connectivity index (χ0v) is 15.8. The van der Waals surface area contributed by atoms with Crippen molar-refractivity contribution < 1.29 is 4.79 Å². The fourth-order valence-corrected chi connectivity index (χ4v) is 3.19. The van der Waals surface area contributed by atoms with E-state index in [0.717, 1.165) is 17.8 Å². The van der Waals surface area contributed by atoms with E-state index in [9.17, 15) is 4.79 Å². The molecule has 0 radical (unpaired) electrons. The van der Waals surface area contributed by atoms with Crippen molar-refractivity contribution in [3.05, 3.63) is 17.0 Å². The highest BCUT2D eigenvalue weighted by Gasteiger charge is 2.28. The summed E-state index contributed by atoms with van der Waals surface area (Å²) < 4.78 is 1.66. The highest BCUT2D eigenvalue weighted by molar-refractivity contribution is 5.78. The maximum absolute atomic E-state index is 13.0. The van der Waals surface area contributed by atoms with Gasteiger partial charge in [-0.25, -0.2) is 4.79 Å². The van der Waals surface area contributed by atoms with Gasteiger partial charge in [-0.05, 0) is 51.5 Å². The number of hydrogen-bond donors (Lipinski definition) is 0. The van der Waals surface area contributed by atoms with Crippen molar-refractivity contribution in [3.63, 3.8) is 0 Å². The molecule has 0 atom stereocenters. The van der Waals surface area contributed by atoms with Gasteiger partial charge in [0.25, 0.3) is 0 Å². The molecular formula is C18H33N3O. The largest absolute Gasteiger partial charge is 0.345 e. The van der Waals surface area contributed by atoms with Crippen molar-refractivity contribution in [3.8, 4) is 0 Å². The zero-order valence-electron chi connectivity index (χ0n) is 15.8. The molecule has 0 saturated carbocycles.